The summed E-state index contributed by atoms with van der Waals surface area (Å²) in [5, 5.41) is 15.6. The maximum atomic E-state index is 12.5. The number of nitrogens with zero attached hydrogens (tertiary/aromatic N) is 2. The third-order valence-electron chi connectivity index (χ3n) is 6.75. The monoisotopic (exact) mass is 324 g/mol. The minimum Gasteiger partial charge on any atom is -0.390 e. The Balaban J connectivity index is 1.60. The molecule has 0 aromatic carbocycles. The fourth-order valence-electron chi connectivity index (χ4n) is 6.24. The van der Waals surface area contributed by atoms with Gasteiger partial charge in [0, 0.05) is 17.8 Å². The van der Waals surface area contributed by atoms with Crippen LogP contribution in [0.1, 0.15) is 38.1 Å². The maximum absolute atomic E-state index is 12.5. The van der Waals surface area contributed by atoms with Gasteiger partial charge in [0.1, 0.15) is 5.65 Å². The van der Waals surface area contributed by atoms with E-state index in [0.29, 0.717) is 23.1 Å². The van der Waals surface area contributed by atoms with Crippen molar-refractivity contribution in [1.82, 2.24) is 19.7 Å². The zero-order valence-corrected chi connectivity index (χ0v) is 13.3. The molecule has 0 aliphatic heterocycles. The molecule has 6 heteroatoms. The fraction of sp³-hybridized carbons (Fsp3) is 0.556. The zero-order chi connectivity index (χ0) is 16.1. The first-order valence-electron chi connectivity index (χ1n) is 8.90. The van der Waals surface area contributed by atoms with Crippen molar-refractivity contribution in [3.63, 3.8) is 0 Å². The molecule has 2 unspecified atom stereocenters. The standard InChI is InChI=1S/C18H20N4O2/c23-17-13-8-20-16-12(1-2-19-16)15(13)22(21-17)14-10-3-9-4-11(14)7-18(24,5-9)6-10/h1-2,8-11,14,24H,3-7H2,(H,19,20)(H,21,23). The van der Waals surface area contributed by atoms with Gasteiger partial charge in [-0.3, -0.25) is 14.6 Å². The number of aromatic amines is 2. The number of nitrogens with one attached hydrogen (secondary N) is 2. The first-order valence-corrected chi connectivity index (χ1v) is 8.90. The molecule has 0 amide bonds. The summed E-state index contributed by atoms with van der Waals surface area (Å²) in [6.45, 7) is 0. The number of hydrogen-bond acceptors (Lipinski definition) is 3. The summed E-state index contributed by atoms with van der Waals surface area (Å²) in [5.41, 5.74) is 1.27. The molecule has 2 atom stereocenters. The molecule has 4 saturated carbocycles. The largest absolute Gasteiger partial charge is 0.390 e. The highest BCUT2D eigenvalue weighted by atomic mass is 16.3. The van der Waals surface area contributed by atoms with Crippen molar-refractivity contribution >= 4 is 21.9 Å². The Kier molecular flexibility index (Phi) is 2.27. The molecule has 24 heavy (non-hydrogen) atoms. The minimum atomic E-state index is -0.457. The lowest BCUT2D eigenvalue weighted by molar-refractivity contribution is -0.148. The summed E-state index contributed by atoms with van der Waals surface area (Å²) in [6.07, 6.45) is 8.60. The molecule has 3 aromatic rings. The summed E-state index contributed by atoms with van der Waals surface area (Å²) in [5.74, 6) is 1.57. The lowest BCUT2D eigenvalue weighted by Gasteiger charge is -2.58. The number of fused-ring (bicyclic) bond motifs is 3. The van der Waals surface area contributed by atoms with Gasteiger partial charge in [0.25, 0.3) is 5.56 Å². The predicted octanol–water partition coefficient (Wildman–Crippen LogP) is 2.32. The van der Waals surface area contributed by atoms with Gasteiger partial charge in [0.15, 0.2) is 0 Å². The van der Waals surface area contributed by atoms with E-state index in [9.17, 15) is 9.90 Å². The van der Waals surface area contributed by atoms with Crippen molar-refractivity contribution in [3.05, 3.63) is 28.8 Å². The molecule has 7 rings (SSSR count). The molecule has 4 aliphatic rings. The number of rotatable bonds is 1. The van der Waals surface area contributed by atoms with Crippen LogP contribution in [0.4, 0.5) is 0 Å². The third-order valence-corrected chi connectivity index (χ3v) is 6.75. The second-order valence-electron chi connectivity index (χ2n) is 8.26. The molecular formula is C18H20N4O2. The third kappa shape index (κ3) is 1.55. The Morgan fingerprint density at radius 3 is 2.75 bits per heavy atom. The molecule has 0 saturated heterocycles. The van der Waals surface area contributed by atoms with E-state index in [0.717, 1.165) is 35.8 Å². The van der Waals surface area contributed by atoms with E-state index >= 15 is 0 Å². The molecule has 0 radical (unpaired) electrons. The molecular weight excluding hydrogens is 304 g/mol. The molecule has 4 fully saturated rings. The summed E-state index contributed by atoms with van der Waals surface area (Å²) in [4.78, 5) is 20.0. The van der Waals surface area contributed by atoms with Crippen molar-refractivity contribution in [3.8, 4) is 0 Å². The molecule has 4 aliphatic carbocycles. The smallest absolute Gasteiger partial charge is 0.273 e. The maximum Gasteiger partial charge on any atom is 0.273 e. The van der Waals surface area contributed by atoms with Crippen LogP contribution in [0.5, 0.6) is 0 Å². The molecule has 3 N–H and O–H groups in total. The highest BCUT2D eigenvalue weighted by Crippen LogP contribution is 2.60. The van der Waals surface area contributed by atoms with Crippen molar-refractivity contribution in [2.45, 2.75) is 43.7 Å². The average Bonchev–Trinajstić information content (AvgIpc) is 3.10. The zero-order valence-electron chi connectivity index (χ0n) is 13.3. The Morgan fingerprint density at radius 2 is 2.00 bits per heavy atom. The lowest BCUT2D eigenvalue weighted by Crippen LogP contribution is -2.55. The van der Waals surface area contributed by atoms with Crippen LogP contribution in [0.15, 0.2) is 23.3 Å². The van der Waals surface area contributed by atoms with Gasteiger partial charge in [0.05, 0.1) is 22.5 Å². The summed E-state index contributed by atoms with van der Waals surface area (Å²) < 4.78 is 2.12. The number of H-pyrrole nitrogens is 2. The van der Waals surface area contributed by atoms with Crippen molar-refractivity contribution in [2.24, 2.45) is 17.8 Å². The first-order chi connectivity index (χ1) is 11.6. The predicted molar refractivity (Wildman–Crippen MR) is 89.8 cm³/mol. The summed E-state index contributed by atoms with van der Waals surface area (Å²) in [7, 11) is 0. The number of aromatic nitrogens is 4. The highest BCUT2D eigenvalue weighted by molar-refractivity contribution is 6.02. The van der Waals surface area contributed by atoms with Gasteiger partial charge < -0.3 is 10.1 Å². The van der Waals surface area contributed by atoms with Crippen LogP contribution >= 0.6 is 0 Å². The molecule has 6 nitrogen and oxygen atoms in total. The van der Waals surface area contributed by atoms with Gasteiger partial charge in [-0.25, -0.2) is 4.98 Å². The van der Waals surface area contributed by atoms with Gasteiger partial charge in [-0.05, 0) is 55.9 Å². The number of hydrogen-bond donors (Lipinski definition) is 3. The quantitative estimate of drug-likeness (QED) is 0.642. The molecule has 3 heterocycles. The summed E-state index contributed by atoms with van der Waals surface area (Å²) in [6, 6.07) is 2.28. The Hall–Kier alpha value is -2.08. The van der Waals surface area contributed by atoms with Gasteiger partial charge in [-0.1, -0.05) is 0 Å². The number of pyridine rings is 1. The van der Waals surface area contributed by atoms with Gasteiger partial charge in [-0.15, -0.1) is 0 Å². The highest BCUT2D eigenvalue weighted by Gasteiger charge is 2.55. The van der Waals surface area contributed by atoms with Crippen LogP contribution in [0.3, 0.4) is 0 Å². The second kappa shape index (κ2) is 4.11. The Labute approximate surface area is 137 Å². The topological polar surface area (TPSA) is 86.7 Å². The van der Waals surface area contributed by atoms with E-state index in [-0.39, 0.29) is 11.6 Å². The Bertz CT molecular complexity index is 1010. The molecule has 4 bridgehead atoms. The molecule has 0 spiro atoms. The van der Waals surface area contributed by atoms with Crippen LogP contribution in [-0.2, 0) is 0 Å². The minimum absolute atomic E-state index is 0.0619. The second-order valence-corrected chi connectivity index (χ2v) is 8.26. The van der Waals surface area contributed by atoms with E-state index in [1.807, 2.05) is 12.3 Å². The summed E-state index contributed by atoms with van der Waals surface area (Å²) >= 11 is 0. The van der Waals surface area contributed by atoms with Crippen LogP contribution in [0, 0.1) is 17.8 Å². The van der Waals surface area contributed by atoms with Crippen molar-refractivity contribution in [1.29, 1.82) is 0 Å². The SMILES string of the molecule is O=c1[nH]n(C2C3CC4CC2CC(O)(C4)C3)c2c1cnc1[nH]ccc12. The van der Waals surface area contributed by atoms with Gasteiger partial charge in [0.2, 0.25) is 0 Å². The van der Waals surface area contributed by atoms with Crippen LogP contribution in [0.25, 0.3) is 21.9 Å². The van der Waals surface area contributed by atoms with E-state index in [1.54, 1.807) is 6.20 Å². The first kappa shape index (κ1) is 13.2. The Morgan fingerprint density at radius 1 is 1.21 bits per heavy atom. The van der Waals surface area contributed by atoms with Gasteiger partial charge in [-0.2, -0.15) is 0 Å². The average molecular weight is 324 g/mol. The molecule has 124 valence electrons. The number of aliphatic hydroxyl groups is 1. The normalized spacial score (nSPS) is 37.7. The van der Waals surface area contributed by atoms with E-state index < -0.39 is 5.60 Å². The van der Waals surface area contributed by atoms with Crippen molar-refractivity contribution < 1.29 is 5.11 Å². The van der Waals surface area contributed by atoms with E-state index in [1.165, 1.54) is 12.8 Å². The van der Waals surface area contributed by atoms with Crippen LogP contribution in [-0.4, -0.2) is 30.5 Å². The van der Waals surface area contributed by atoms with Gasteiger partial charge >= 0.3 is 0 Å². The van der Waals surface area contributed by atoms with Crippen LogP contribution < -0.4 is 5.56 Å². The fourth-order valence-corrected chi connectivity index (χ4v) is 6.24. The van der Waals surface area contributed by atoms with E-state index in [2.05, 4.69) is 19.7 Å². The molecule has 3 aromatic heterocycles. The lowest BCUT2D eigenvalue weighted by atomic mass is 9.52. The van der Waals surface area contributed by atoms with Crippen LogP contribution in [0.2, 0.25) is 0 Å². The van der Waals surface area contributed by atoms with E-state index in [4.69, 9.17) is 0 Å². The van der Waals surface area contributed by atoms with Crippen molar-refractivity contribution in [2.75, 3.05) is 0 Å².